The summed E-state index contributed by atoms with van der Waals surface area (Å²) in [5.74, 6) is -0.180. The molecular weight excluding hydrogens is 251 g/mol. The normalized spacial score (nSPS) is 17.9. The van der Waals surface area contributed by atoms with Gasteiger partial charge in [-0.05, 0) is 48.2 Å². The van der Waals surface area contributed by atoms with Gasteiger partial charge in [0.05, 0.1) is 0 Å². The Morgan fingerprint density at radius 2 is 2.05 bits per heavy atom. The third kappa shape index (κ3) is 2.54. The van der Waals surface area contributed by atoms with Crippen molar-refractivity contribution in [2.45, 2.75) is 25.9 Å². The van der Waals surface area contributed by atoms with Crippen LogP contribution in [0.4, 0.5) is 10.1 Å². The molecule has 1 unspecified atom stereocenters. The fraction of sp³-hybridized carbons (Fsp3) is 0.294. The fourth-order valence-corrected chi connectivity index (χ4v) is 2.89. The van der Waals surface area contributed by atoms with Crippen LogP contribution in [0, 0.1) is 12.7 Å². The lowest BCUT2D eigenvalue weighted by atomic mass is 9.97. The first-order valence-electron chi connectivity index (χ1n) is 6.97. The van der Waals surface area contributed by atoms with Crippen LogP contribution in [-0.4, -0.2) is 12.6 Å². The lowest BCUT2D eigenvalue weighted by Gasteiger charge is -2.35. The minimum Gasteiger partial charge on any atom is -0.365 e. The van der Waals surface area contributed by atoms with Gasteiger partial charge in [-0.3, -0.25) is 0 Å². The molecule has 0 fully saturated rings. The summed E-state index contributed by atoms with van der Waals surface area (Å²) in [6.45, 7) is 3.53. The second-order valence-electron chi connectivity index (χ2n) is 5.54. The largest absolute Gasteiger partial charge is 0.365 e. The summed E-state index contributed by atoms with van der Waals surface area (Å²) in [4.78, 5) is 2.26. The maximum atomic E-state index is 13.4. The van der Waals surface area contributed by atoms with E-state index in [1.54, 1.807) is 6.07 Å². The number of rotatable bonds is 2. The molecule has 0 saturated heterocycles. The molecule has 1 aliphatic heterocycles. The molecule has 2 nitrogen and oxygen atoms in total. The number of nitrogens with two attached hydrogens (primary N) is 1. The molecule has 2 aromatic carbocycles. The predicted octanol–water partition coefficient (Wildman–Crippen LogP) is 3.02. The Balaban J connectivity index is 1.93. The first kappa shape index (κ1) is 13.1. The SMILES string of the molecule is Cc1ccc(F)cc1CN1CC(N)Cc2ccccc21. The molecule has 0 saturated carbocycles. The van der Waals surface area contributed by atoms with Gasteiger partial charge in [0, 0.05) is 24.8 Å². The summed E-state index contributed by atoms with van der Waals surface area (Å²) in [5.41, 5.74) is 10.8. The first-order valence-corrected chi connectivity index (χ1v) is 6.97. The molecule has 0 aromatic heterocycles. The zero-order chi connectivity index (χ0) is 14.1. The Morgan fingerprint density at radius 1 is 1.25 bits per heavy atom. The van der Waals surface area contributed by atoms with Crippen LogP contribution >= 0.6 is 0 Å². The minimum atomic E-state index is -0.180. The van der Waals surface area contributed by atoms with Gasteiger partial charge in [-0.1, -0.05) is 24.3 Å². The lowest BCUT2D eigenvalue weighted by molar-refractivity contribution is 0.593. The van der Waals surface area contributed by atoms with Crippen molar-refractivity contribution in [1.29, 1.82) is 0 Å². The molecular formula is C17H19FN2. The molecule has 1 heterocycles. The number of hydrogen-bond acceptors (Lipinski definition) is 2. The van der Waals surface area contributed by atoms with E-state index in [0.29, 0.717) is 6.54 Å². The van der Waals surface area contributed by atoms with Gasteiger partial charge in [-0.15, -0.1) is 0 Å². The van der Waals surface area contributed by atoms with Crippen molar-refractivity contribution in [2.24, 2.45) is 5.73 Å². The number of nitrogens with zero attached hydrogens (tertiary/aromatic N) is 1. The molecule has 0 spiro atoms. The van der Waals surface area contributed by atoms with E-state index in [1.165, 1.54) is 17.3 Å². The van der Waals surface area contributed by atoms with Crippen LogP contribution in [0.3, 0.4) is 0 Å². The van der Waals surface area contributed by atoms with Gasteiger partial charge in [0.2, 0.25) is 0 Å². The monoisotopic (exact) mass is 270 g/mol. The summed E-state index contributed by atoms with van der Waals surface area (Å²) in [6.07, 6.45) is 0.912. The van der Waals surface area contributed by atoms with Crippen LogP contribution < -0.4 is 10.6 Å². The van der Waals surface area contributed by atoms with E-state index >= 15 is 0 Å². The molecule has 0 radical (unpaired) electrons. The third-order valence-corrected chi connectivity index (χ3v) is 3.94. The highest BCUT2D eigenvalue weighted by molar-refractivity contribution is 5.56. The number of hydrogen-bond donors (Lipinski definition) is 1. The zero-order valence-electron chi connectivity index (χ0n) is 11.6. The average molecular weight is 270 g/mol. The third-order valence-electron chi connectivity index (χ3n) is 3.94. The minimum absolute atomic E-state index is 0.138. The van der Waals surface area contributed by atoms with E-state index in [0.717, 1.165) is 24.1 Å². The Hall–Kier alpha value is -1.87. The van der Waals surface area contributed by atoms with Crippen LogP contribution in [0.15, 0.2) is 42.5 Å². The van der Waals surface area contributed by atoms with Gasteiger partial charge in [0.15, 0.2) is 0 Å². The highest BCUT2D eigenvalue weighted by atomic mass is 19.1. The van der Waals surface area contributed by atoms with Crippen molar-refractivity contribution in [3.63, 3.8) is 0 Å². The van der Waals surface area contributed by atoms with Gasteiger partial charge in [0.1, 0.15) is 5.82 Å². The molecule has 0 bridgehead atoms. The van der Waals surface area contributed by atoms with Gasteiger partial charge in [-0.2, -0.15) is 0 Å². The summed E-state index contributed by atoms with van der Waals surface area (Å²) < 4.78 is 13.4. The van der Waals surface area contributed by atoms with Gasteiger partial charge >= 0.3 is 0 Å². The van der Waals surface area contributed by atoms with Gasteiger partial charge < -0.3 is 10.6 Å². The highest BCUT2D eigenvalue weighted by Gasteiger charge is 2.22. The number of para-hydroxylation sites is 1. The second-order valence-corrected chi connectivity index (χ2v) is 5.54. The Bertz CT molecular complexity index is 624. The maximum absolute atomic E-state index is 13.4. The number of fused-ring (bicyclic) bond motifs is 1. The quantitative estimate of drug-likeness (QED) is 0.909. The smallest absolute Gasteiger partial charge is 0.123 e. The van der Waals surface area contributed by atoms with Crippen LogP contribution in [-0.2, 0) is 13.0 Å². The Morgan fingerprint density at radius 3 is 2.90 bits per heavy atom. The molecule has 1 atom stereocenters. The van der Waals surface area contributed by atoms with Crippen LogP contribution in [0.1, 0.15) is 16.7 Å². The molecule has 20 heavy (non-hydrogen) atoms. The number of benzene rings is 2. The van der Waals surface area contributed by atoms with E-state index in [1.807, 2.05) is 25.1 Å². The number of halogens is 1. The highest BCUT2D eigenvalue weighted by Crippen LogP contribution is 2.28. The van der Waals surface area contributed by atoms with E-state index in [4.69, 9.17) is 5.73 Å². The van der Waals surface area contributed by atoms with Crippen LogP contribution in [0.25, 0.3) is 0 Å². The maximum Gasteiger partial charge on any atom is 0.123 e. The first-order chi connectivity index (χ1) is 9.63. The number of aryl methyl sites for hydroxylation is 1. The molecule has 0 amide bonds. The van der Waals surface area contributed by atoms with Crippen molar-refractivity contribution < 1.29 is 4.39 Å². The van der Waals surface area contributed by atoms with Crippen molar-refractivity contribution in [1.82, 2.24) is 0 Å². The summed E-state index contributed by atoms with van der Waals surface area (Å²) in [7, 11) is 0. The van der Waals surface area contributed by atoms with Crippen molar-refractivity contribution in [3.05, 3.63) is 65.0 Å². The van der Waals surface area contributed by atoms with Crippen molar-refractivity contribution in [2.75, 3.05) is 11.4 Å². The molecule has 2 aromatic rings. The van der Waals surface area contributed by atoms with Crippen LogP contribution in [0.2, 0.25) is 0 Å². The lowest BCUT2D eigenvalue weighted by Crippen LogP contribution is -2.43. The summed E-state index contributed by atoms with van der Waals surface area (Å²) >= 11 is 0. The van der Waals surface area contributed by atoms with Crippen molar-refractivity contribution >= 4 is 5.69 Å². The molecule has 3 heteroatoms. The second kappa shape index (κ2) is 5.25. The summed E-state index contributed by atoms with van der Waals surface area (Å²) in [5, 5.41) is 0. The zero-order valence-corrected chi connectivity index (χ0v) is 11.6. The topological polar surface area (TPSA) is 29.3 Å². The Kier molecular flexibility index (Phi) is 3.45. The predicted molar refractivity (Wildman–Crippen MR) is 80.3 cm³/mol. The molecule has 1 aliphatic rings. The molecule has 3 rings (SSSR count). The molecule has 2 N–H and O–H groups in total. The van der Waals surface area contributed by atoms with E-state index in [2.05, 4.69) is 17.0 Å². The average Bonchev–Trinajstić information content (AvgIpc) is 2.43. The van der Waals surface area contributed by atoms with E-state index < -0.39 is 0 Å². The molecule has 104 valence electrons. The standard InChI is InChI=1S/C17H19FN2/c1-12-6-7-15(18)8-14(12)10-20-11-16(19)9-13-4-2-3-5-17(13)20/h2-8,16H,9-11,19H2,1H3. The van der Waals surface area contributed by atoms with Crippen LogP contribution in [0.5, 0.6) is 0 Å². The summed E-state index contributed by atoms with van der Waals surface area (Å²) in [6, 6.07) is 13.4. The van der Waals surface area contributed by atoms with Crippen molar-refractivity contribution in [3.8, 4) is 0 Å². The van der Waals surface area contributed by atoms with E-state index in [9.17, 15) is 4.39 Å². The fourth-order valence-electron chi connectivity index (χ4n) is 2.89. The Labute approximate surface area is 119 Å². The molecule has 0 aliphatic carbocycles. The van der Waals surface area contributed by atoms with Gasteiger partial charge in [-0.25, -0.2) is 4.39 Å². The van der Waals surface area contributed by atoms with Gasteiger partial charge in [0.25, 0.3) is 0 Å². The number of anilines is 1. The van der Waals surface area contributed by atoms with E-state index in [-0.39, 0.29) is 11.9 Å².